The van der Waals surface area contributed by atoms with Crippen molar-refractivity contribution < 1.29 is 4.42 Å². The lowest BCUT2D eigenvalue weighted by molar-refractivity contribution is 0.479. The van der Waals surface area contributed by atoms with Crippen LogP contribution in [-0.2, 0) is 0 Å². The minimum Gasteiger partial charge on any atom is -0.428 e. The fourth-order valence-corrected chi connectivity index (χ4v) is 0.826. The van der Waals surface area contributed by atoms with Crippen LogP contribution < -0.4 is 5.63 Å². The van der Waals surface area contributed by atoms with Gasteiger partial charge in [-0.2, -0.15) is 0 Å². The topological polar surface area (TPSA) is 43.1 Å². The third kappa shape index (κ3) is 1.67. The summed E-state index contributed by atoms with van der Waals surface area (Å²) < 4.78 is 4.73. The molecule has 0 saturated carbocycles. The standard InChI is InChI=1S/C8H11NO2/c1-5(2)7-8(10)11-4-6(3)9-7/h4-5H,1-3H3. The largest absolute Gasteiger partial charge is 0.428 e. The maximum Gasteiger partial charge on any atom is 0.357 e. The highest BCUT2D eigenvalue weighted by Gasteiger charge is 2.07. The molecule has 1 rings (SSSR count). The minimum atomic E-state index is -0.328. The zero-order valence-electron chi connectivity index (χ0n) is 6.92. The molecule has 60 valence electrons. The maximum absolute atomic E-state index is 11.0. The molecule has 3 heteroatoms. The lowest BCUT2D eigenvalue weighted by Gasteiger charge is -2.00. The van der Waals surface area contributed by atoms with Gasteiger partial charge in [0.25, 0.3) is 0 Å². The molecule has 0 spiro atoms. The highest BCUT2D eigenvalue weighted by molar-refractivity contribution is 5.02. The van der Waals surface area contributed by atoms with Gasteiger partial charge in [-0.1, -0.05) is 13.8 Å². The molecule has 0 amide bonds. The summed E-state index contributed by atoms with van der Waals surface area (Å²) in [5.41, 5.74) is 0.920. The van der Waals surface area contributed by atoms with Crippen molar-refractivity contribution in [2.45, 2.75) is 26.7 Å². The zero-order chi connectivity index (χ0) is 8.43. The van der Waals surface area contributed by atoms with Crippen molar-refractivity contribution in [3.8, 4) is 0 Å². The molecule has 0 aliphatic carbocycles. The van der Waals surface area contributed by atoms with Crippen molar-refractivity contribution in [3.63, 3.8) is 0 Å². The van der Waals surface area contributed by atoms with E-state index in [0.29, 0.717) is 5.69 Å². The van der Waals surface area contributed by atoms with Crippen LogP contribution in [0, 0.1) is 6.92 Å². The summed E-state index contributed by atoms with van der Waals surface area (Å²) in [6, 6.07) is 0. The molecule has 3 nitrogen and oxygen atoms in total. The number of nitrogens with zero attached hydrogens (tertiary/aromatic N) is 1. The van der Waals surface area contributed by atoms with Gasteiger partial charge in [0.05, 0.1) is 5.69 Å². The van der Waals surface area contributed by atoms with E-state index in [1.807, 2.05) is 13.8 Å². The summed E-state index contributed by atoms with van der Waals surface area (Å²) in [7, 11) is 0. The van der Waals surface area contributed by atoms with E-state index in [9.17, 15) is 4.79 Å². The quantitative estimate of drug-likeness (QED) is 0.613. The van der Waals surface area contributed by atoms with Crippen molar-refractivity contribution in [1.29, 1.82) is 0 Å². The van der Waals surface area contributed by atoms with Crippen molar-refractivity contribution in [3.05, 3.63) is 28.1 Å². The number of hydrogen-bond donors (Lipinski definition) is 0. The molecule has 11 heavy (non-hydrogen) atoms. The Hall–Kier alpha value is -1.12. The van der Waals surface area contributed by atoms with Crippen LogP contribution in [0.15, 0.2) is 15.5 Å². The fraction of sp³-hybridized carbons (Fsp3) is 0.500. The predicted octanol–water partition coefficient (Wildman–Crippen LogP) is 1.47. The lowest BCUT2D eigenvalue weighted by Crippen LogP contribution is -2.11. The van der Waals surface area contributed by atoms with E-state index in [2.05, 4.69) is 4.98 Å². The van der Waals surface area contributed by atoms with Gasteiger partial charge in [0.2, 0.25) is 0 Å². The summed E-state index contributed by atoms with van der Waals surface area (Å²) in [5.74, 6) is 0.131. The molecule has 0 atom stereocenters. The van der Waals surface area contributed by atoms with Crippen LogP contribution in [0.5, 0.6) is 0 Å². The van der Waals surface area contributed by atoms with Gasteiger partial charge in [-0.3, -0.25) is 0 Å². The van der Waals surface area contributed by atoms with Crippen LogP contribution in [0.25, 0.3) is 0 Å². The average molecular weight is 153 g/mol. The molecular formula is C8H11NO2. The number of aryl methyl sites for hydroxylation is 1. The maximum atomic E-state index is 11.0. The first-order valence-corrected chi connectivity index (χ1v) is 3.57. The molecule has 0 saturated heterocycles. The van der Waals surface area contributed by atoms with Crippen molar-refractivity contribution in [2.75, 3.05) is 0 Å². The second-order valence-electron chi connectivity index (χ2n) is 2.82. The molecule has 1 heterocycles. The van der Waals surface area contributed by atoms with Gasteiger partial charge in [0.15, 0.2) is 0 Å². The molecule has 0 fully saturated rings. The Morgan fingerprint density at radius 1 is 1.55 bits per heavy atom. The molecule has 0 N–H and O–H groups in total. The monoisotopic (exact) mass is 153 g/mol. The van der Waals surface area contributed by atoms with Gasteiger partial charge >= 0.3 is 5.63 Å². The van der Waals surface area contributed by atoms with Gasteiger partial charge in [0.1, 0.15) is 12.0 Å². The van der Waals surface area contributed by atoms with Gasteiger partial charge in [-0.15, -0.1) is 0 Å². The average Bonchev–Trinajstić information content (AvgIpc) is 1.94. The fourth-order valence-electron chi connectivity index (χ4n) is 0.826. The predicted molar refractivity (Wildman–Crippen MR) is 41.6 cm³/mol. The van der Waals surface area contributed by atoms with Gasteiger partial charge < -0.3 is 4.42 Å². The Morgan fingerprint density at radius 3 is 2.64 bits per heavy atom. The van der Waals surface area contributed by atoms with Crippen LogP contribution in [0.3, 0.4) is 0 Å². The molecule has 0 aromatic carbocycles. The van der Waals surface area contributed by atoms with Gasteiger partial charge in [-0.25, -0.2) is 9.78 Å². The van der Waals surface area contributed by atoms with Crippen LogP contribution >= 0.6 is 0 Å². The smallest absolute Gasteiger partial charge is 0.357 e. The van der Waals surface area contributed by atoms with Crippen molar-refractivity contribution in [1.82, 2.24) is 4.98 Å². The molecule has 0 aliphatic heterocycles. The summed E-state index contributed by atoms with van der Waals surface area (Å²) in [4.78, 5) is 15.0. The highest BCUT2D eigenvalue weighted by atomic mass is 16.4. The first-order chi connectivity index (χ1) is 5.11. The van der Waals surface area contributed by atoms with E-state index >= 15 is 0 Å². The Balaban J connectivity index is 3.24. The summed E-state index contributed by atoms with van der Waals surface area (Å²) in [6.07, 6.45) is 1.37. The Morgan fingerprint density at radius 2 is 2.18 bits per heavy atom. The van der Waals surface area contributed by atoms with Crippen LogP contribution in [-0.4, -0.2) is 4.98 Å². The first-order valence-electron chi connectivity index (χ1n) is 3.57. The first kappa shape index (κ1) is 7.98. The number of hydrogen-bond acceptors (Lipinski definition) is 3. The summed E-state index contributed by atoms with van der Waals surface area (Å²) in [6.45, 7) is 5.63. The van der Waals surface area contributed by atoms with Crippen LogP contribution in [0.1, 0.15) is 31.2 Å². The normalized spacial score (nSPS) is 10.5. The van der Waals surface area contributed by atoms with E-state index in [-0.39, 0.29) is 11.5 Å². The number of rotatable bonds is 1. The molecule has 1 aromatic heterocycles. The van der Waals surface area contributed by atoms with Gasteiger partial charge in [-0.05, 0) is 6.92 Å². The van der Waals surface area contributed by atoms with Crippen LogP contribution in [0.2, 0.25) is 0 Å². The second-order valence-corrected chi connectivity index (χ2v) is 2.82. The third-order valence-corrected chi connectivity index (χ3v) is 1.39. The Bertz CT molecular complexity index is 301. The van der Waals surface area contributed by atoms with Crippen molar-refractivity contribution in [2.24, 2.45) is 0 Å². The van der Waals surface area contributed by atoms with E-state index in [4.69, 9.17) is 4.42 Å². The number of aromatic nitrogens is 1. The SMILES string of the molecule is Cc1coc(=O)c(C(C)C)n1. The van der Waals surface area contributed by atoms with E-state index in [1.54, 1.807) is 6.92 Å². The van der Waals surface area contributed by atoms with Crippen molar-refractivity contribution >= 4 is 0 Å². The lowest BCUT2D eigenvalue weighted by atomic mass is 10.1. The molecule has 0 bridgehead atoms. The zero-order valence-corrected chi connectivity index (χ0v) is 6.92. The summed E-state index contributed by atoms with van der Waals surface area (Å²) >= 11 is 0. The molecular weight excluding hydrogens is 142 g/mol. The molecule has 0 radical (unpaired) electrons. The summed E-state index contributed by atoms with van der Waals surface area (Å²) in [5, 5.41) is 0. The van der Waals surface area contributed by atoms with Crippen LogP contribution in [0.4, 0.5) is 0 Å². The Labute approximate surface area is 65.1 Å². The minimum absolute atomic E-state index is 0.131. The highest BCUT2D eigenvalue weighted by Crippen LogP contribution is 2.05. The molecule has 0 aliphatic rings. The second kappa shape index (κ2) is 2.86. The molecule has 0 unspecified atom stereocenters. The molecule has 1 aromatic rings. The van der Waals surface area contributed by atoms with E-state index in [0.717, 1.165) is 5.69 Å². The Kier molecular flexibility index (Phi) is 2.08. The van der Waals surface area contributed by atoms with E-state index < -0.39 is 0 Å². The third-order valence-electron chi connectivity index (χ3n) is 1.39. The van der Waals surface area contributed by atoms with Gasteiger partial charge in [0, 0.05) is 5.92 Å². The van der Waals surface area contributed by atoms with E-state index in [1.165, 1.54) is 6.26 Å².